The van der Waals surface area contributed by atoms with Crippen molar-refractivity contribution >= 4 is 81.4 Å². The molecule has 8 amide bonds. The molecule has 8 N–H and O–H groups in total. The van der Waals surface area contributed by atoms with Gasteiger partial charge >= 0.3 is 24.2 Å². The van der Waals surface area contributed by atoms with Crippen molar-refractivity contribution in [3.8, 4) is 11.1 Å². The van der Waals surface area contributed by atoms with Crippen LogP contribution in [0.4, 0.5) is 19.2 Å². The molecule has 4 aromatic heterocycles. The van der Waals surface area contributed by atoms with E-state index in [0.717, 1.165) is 64.5 Å². The highest BCUT2D eigenvalue weighted by Crippen LogP contribution is 2.29. The molecule has 0 saturated heterocycles. The molecule has 0 bridgehead atoms. The quantitative estimate of drug-likeness (QED) is 0.0190. The second-order valence-corrected chi connectivity index (χ2v) is 29.8. The number of hydrogen-bond donors (Lipinski definition) is 7. The van der Waals surface area contributed by atoms with Crippen molar-refractivity contribution in [1.29, 1.82) is 0 Å². The molecule has 534 valence electrons. The van der Waals surface area contributed by atoms with Gasteiger partial charge in [0.05, 0.1) is 55.3 Å². The van der Waals surface area contributed by atoms with E-state index in [9.17, 15) is 28.8 Å². The number of urea groups is 2. The molecular weight excluding hydrogens is 1340 g/mol. The van der Waals surface area contributed by atoms with E-state index in [1.165, 1.54) is 27.6 Å². The smallest absolute Gasteiger partial charge is 0.407 e. The SMILES string of the molecule is CC(C)c1nc(CN(C)C(=O)N[C@@H](CCN)C(=O)N[C@H](CC[C@H](Cc2ccccc2)NC(=O)OCc2cncs2)Cc2cccc(-c3ccccc3C[C@@H](CC[C@H](Cc3ccccc3)NC(=O)[C@H](CCN(C)C)NC(=O)N(C)Cc3csc(C(C)C)n3)NC(=O)OCc3cncs3)c2)cs1. The van der Waals surface area contributed by atoms with Crippen LogP contribution in [0.5, 0.6) is 0 Å². The van der Waals surface area contributed by atoms with Crippen LogP contribution in [0.2, 0.25) is 0 Å². The Morgan fingerprint density at radius 1 is 0.490 bits per heavy atom. The minimum Gasteiger partial charge on any atom is -0.444 e. The number of nitrogens with one attached hydrogen (secondary N) is 6. The van der Waals surface area contributed by atoms with Crippen LogP contribution in [0, 0.1) is 0 Å². The minimum absolute atomic E-state index is 0.0381. The number of alkyl carbamates (subject to hydrolysis) is 2. The van der Waals surface area contributed by atoms with Crippen LogP contribution in [0.25, 0.3) is 11.1 Å². The van der Waals surface area contributed by atoms with E-state index in [2.05, 4.69) is 75.6 Å². The van der Waals surface area contributed by atoms with Crippen LogP contribution in [0.3, 0.4) is 0 Å². The Morgan fingerprint density at radius 3 is 1.38 bits per heavy atom. The van der Waals surface area contributed by atoms with E-state index in [4.69, 9.17) is 25.2 Å². The number of carbonyl (C=O) groups is 6. The lowest BCUT2D eigenvalue weighted by Crippen LogP contribution is -2.53. The van der Waals surface area contributed by atoms with E-state index < -0.39 is 66.4 Å². The molecule has 0 unspecified atom stereocenters. The van der Waals surface area contributed by atoms with Crippen molar-refractivity contribution in [1.82, 2.24) is 66.5 Å². The van der Waals surface area contributed by atoms with Gasteiger partial charge in [-0.05, 0) is 125 Å². The summed E-state index contributed by atoms with van der Waals surface area (Å²) in [5, 5.41) is 24.8. The van der Waals surface area contributed by atoms with Crippen LogP contribution < -0.4 is 37.6 Å². The number of hydrogen-bond acceptors (Lipinski definition) is 18. The number of benzene rings is 4. The Labute approximate surface area is 603 Å². The third kappa shape index (κ3) is 25.8. The fourth-order valence-electron chi connectivity index (χ4n) is 11.4. The van der Waals surface area contributed by atoms with Crippen LogP contribution in [0.1, 0.15) is 131 Å². The summed E-state index contributed by atoms with van der Waals surface area (Å²) in [6.45, 7) is 9.62. The molecule has 0 spiro atoms. The second kappa shape index (κ2) is 40.0. The molecule has 26 heteroatoms. The maximum atomic E-state index is 14.7. The van der Waals surface area contributed by atoms with Gasteiger partial charge in [-0.15, -0.1) is 45.3 Å². The first-order valence-corrected chi connectivity index (χ1v) is 37.5. The molecule has 6 atom stereocenters. The largest absolute Gasteiger partial charge is 0.444 e. The summed E-state index contributed by atoms with van der Waals surface area (Å²) in [6.07, 6.45) is 6.12. The van der Waals surface area contributed by atoms with Gasteiger partial charge in [0.2, 0.25) is 11.8 Å². The lowest BCUT2D eigenvalue weighted by atomic mass is 9.90. The summed E-state index contributed by atoms with van der Waals surface area (Å²) in [4.78, 5) is 109. The summed E-state index contributed by atoms with van der Waals surface area (Å²) in [6, 6.07) is 31.5. The topological polar surface area (TPSA) is 280 Å². The van der Waals surface area contributed by atoms with Crippen molar-refractivity contribution in [3.63, 3.8) is 0 Å². The van der Waals surface area contributed by atoms with Gasteiger partial charge in [-0.25, -0.2) is 29.1 Å². The summed E-state index contributed by atoms with van der Waals surface area (Å²) < 4.78 is 11.5. The van der Waals surface area contributed by atoms with Crippen molar-refractivity contribution in [3.05, 3.63) is 197 Å². The van der Waals surface area contributed by atoms with E-state index >= 15 is 0 Å². The fraction of sp³-hybridized carbons (Fsp3) is 0.432. The number of rotatable bonds is 38. The van der Waals surface area contributed by atoms with Gasteiger partial charge in [-0.3, -0.25) is 19.6 Å². The normalized spacial score (nSPS) is 13.2. The Balaban J connectivity index is 1.04. The first-order chi connectivity index (χ1) is 48.2. The Hall–Kier alpha value is -8.66. The fourth-order valence-corrected chi connectivity index (χ4v) is 14.0. The van der Waals surface area contributed by atoms with Gasteiger partial charge in [0, 0.05) is 73.3 Å². The van der Waals surface area contributed by atoms with E-state index in [1.807, 2.05) is 133 Å². The molecular formula is C74H96N14O8S4. The molecule has 4 heterocycles. The molecule has 0 aliphatic rings. The average Bonchev–Trinajstić information content (AvgIpc) is 1.12. The van der Waals surface area contributed by atoms with E-state index in [-0.39, 0.29) is 57.0 Å². The van der Waals surface area contributed by atoms with Gasteiger partial charge < -0.3 is 61.8 Å². The molecule has 0 fully saturated rings. The number of carbonyl (C=O) groups excluding carboxylic acids is 6. The standard InChI is InChI=1S/C74H96N14O8S4/c1-49(2)69-80-60(45-97-69)41-87(7)71(91)84-65(30-32-75)67(89)79-57(26-28-58(36-52-20-13-10-14-21-52)82-73(93)95-43-62-39-76-47-99-62)37-53-22-17-24-54(34-53)64-25-16-15-23-55(64)38-59(83-74(94)96-44-63-40-77-48-100-63)29-27-56(35-51-18-11-9-12-19-51)78-68(90)66(31-33-86(5)6)85-72(92)88(8)42-61-46-98-70(81-61)50(3)4/h9-25,34,39-40,45-50,56-59,65-66H,26-33,35-38,41-44,75H2,1-8H3,(H,78,90)(H,79,89)(H,82,93)(H,83,94)(H,84,91)(H,85,92)/t56-,57-,58-,59-,65+,66+/m1/s1. The number of thiazole rings is 4. The summed E-state index contributed by atoms with van der Waals surface area (Å²) >= 11 is 5.89. The molecule has 0 saturated carbocycles. The van der Waals surface area contributed by atoms with E-state index in [1.54, 1.807) is 65.1 Å². The molecule has 0 aliphatic carbocycles. The second-order valence-electron chi connectivity index (χ2n) is 26.0. The van der Waals surface area contributed by atoms with Crippen molar-refractivity contribution in [2.75, 3.05) is 41.3 Å². The summed E-state index contributed by atoms with van der Waals surface area (Å²) in [5.74, 6) is -0.213. The van der Waals surface area contributed by atoms with Gasteiger partial charge in [-0.2, -0.15) is 0 Å². The third-order valence-corrected chi connectivity index (χ3v) is 20.6. The Bertz CT molecular complexity index is 3800. The van der Waals surface area contributed by atoms with Crippen molar-refractivity contribution in [2.45, 2.75) is 166 Å². The highest BCUT2D eigenvalue weighted by Gasteiger charge is 2.30. The number of nitrogens with two attached hydrogens (primary N) is 1. The van der Waals surface area contributed by atoms with Crippen LogP contribution in [-0.2, 0) is 71.0 Å². The molecule has 100 heavy (non-hydrogen) atoms. The maximum absolute atomic E-state index is 14.7. The molecule has 0 aliphatic heterocycles. The van der Waals surface area contributed by atoms with Crippen LogP contribution >= 0.6 is 45.3 Å². The third-order valence-electron chi connectivity index (χ3n) is 16.7. The van der Waals surface area contributed by atoms with Gasteiger partial charge in [0.25, 0.3) is 0 Å². The van der Waals surface area contributed by atoms with Crippen molar-refractivity contribution < 1.29 is 38.2 Å². The number of nitrogens with zero attached hydrogens (tertiary/aromatic N) is 7. The zero-order valence-corrected chi connectivity index (χ0v) is 61.7. The Morgan fingerprint density at radius 2 is 0.930 bits per heavy atom. The van der Waals surface area contributed by atoms with Gasteiger partial charge in [-0.1, -0.05) is 137 Å². The highest BCUT2D eigenvalue weighted by molar-refractivity contribution is 7.10. The number of ether oxygens (including phenoxy) is 2. The first-order valence-electron chi connectivity index (χ1n) is 34.0. The Kier molecular flexibility index (Phi) is 30.8. The molecule has 22 nitrogen and oxygen atoms in total. The lowest BCUT2D eigenvalue weighted by Gasteiger charge is -2.28. The summed E-state index contributed by atoms with van der Waals surface area (Å²) in [7, 11) is 7.22. The monoisotopic (exact) mass is 1440 g/mol. The molecule has 0 radical (unpaired) electrons. The molecule has 8 rings (SSSR count). The van der Waals surface area contributed by atoms with E-state index in [0.29, 0.717) is 64.3 Å². The number of amides is 8. The number of aromatic nitrogens is 4. The van der Waals surface area contributed by atoms with Crippen LogP contribution in [0.15, 0.2) is 143 Å². The average molecular weight is 1440 g/mol. The van der Waals surface area contributed by atoms with Crippen LogP contribution in [-0.4, -0.2) is 148 Å². The van der Waals surface area contributed by atoms with Gasteiger partial charge in [0.15, 0.2) is 0 Å². The van der Waals surface area contributed by atoms with Gasteiger partial charge in [0.1, 0.15) is 25.3 Å². The molecule has 4 aromatic carbocycles. The predicted molar refractivity (Wildman–Crippen MR) is 397 cm³/mol. The van der Waals surface area contributed by atoms with Crippen molar-refractivity contribution in [2.24, 2.45) is 5.73 Å². The highest BCUT2D eigenvalue weighted by atomic mass is 32.1. The molecule has 8 aromatic rings. The zero-order chi connectivity index (χ0) is 71.3. The minimum atomic E-state index is -0.970. The zero-order valence-electron chi connectivity index (χ0n) is 58.4. The maximum Gasteiger partial charge on any atom is 0.407 e. The lowest BCUT2D eigenvalue weighted by molar-refractivity contribution is -0.124. The summed E-state index contributed by atoms with van der Waals surface area (Å²) in [5.41, 5.74) is 16.7. The predicted octanol–water partition coefficient (Wildman–Crippen LogP) is 11.8. The first kappa shape index (κ1) is 77.1.